The zero-order valence-corrected chi connectivity index (χ0v) is 28.0. The SMILES string of the molecule is COc1cc(OCCN(C)C)c(NC(=O)/C=C/CN2CCN(C(C)C)CC2)cc1Cc1nccc(-c2cn(C)c3ccccc23)n1. The number of methoxy groups -OCH3 is 1. The summed E-state index contributed by atoms with van der Waals surface area (Å²) in [6, 6.07) is 14.5. The van der Waals surface area contributed by atoms with Gasteiger partial charge in [0.25, 0.3) is 0 Å². The van der Waals surface area contributed by atoms with Crippen molar-refractivity contribution in [3.05, 3.63) is 78.4 Å². The maximum atomic E-state index is 13.1. The molecule has 0 bridgehead atoms. The zero-order chi connectivity index (χ0) is 32.6. The summed E-state index contributed by atoms with van der Waals surface area (Å²) in [6.45, 7) is 10.5. The second-order valence-electron chi connectivity index (χ2n) is 12.3. The van der Waals surface area contributed by atoms with Gasteiger partial charge in [0.15, 0.2) is 0 Å². The molecule has 1 N–H and O–H groups in total. The average Bonchev–Trinajstić information content (AvgIpc) is 3.38. The highest BCUT2D eigenvalue weighted by molar-refractivity contribution is 6.00. The number of benzene rings is 2. The van der Waals surface area contributed by atoms with Crippen molar-refractivity contribution in [1.82, 2.24) is 29.2 Å². The molecule has 5 rings (SSSR count). The number of likely N-dealkylation sites (N-methyl/N-ethyl adjacent to an activating group) is 1. The van der Waals surface area contributed by atoms with Crippen molar-refractivity contribution in [1.29, 1.82) is 0 Å². The van der Waals surface area contributed by atoms with Gasteiger partial charge in [0, 0.05) is 105 Å². The molecule has 2 aromatic heterocycles. The van der Waals surface area contributed by atoms with Crippen LogP contribution in [-0.4, -0.2) is 108 Å². The van der Waals surface area contributed by atoms with Crippen LogP contribution in [0.2, 0.25) is 0 Å². The lowest BCUT2D eigenvalue weighted by molar-refractivity contribution is -0.111. The lowest BCUT2D eigenvalue weighted by atomic mass is 10.1. The quantitative estimate of drug-likeness (QED) is 0.214. The monoisotopic (exact) mass is 625 g/mol. The van der Waals surface area contributed by atoms with E-state index in [1.165, 1.54) is 0 Å². The molecule has 0 aliphatic carbocycles. The first-order valence-electron chi connectivity index (χ1n) is 16.0. The molecule has 0 radical (unpaired) electrons. The van der Waals surface area contributed by atoms with E-state index in [1.54, 1.807) is 19.4 Å². The van der Waals surface area contributed by atoms with E-state index in [0.717, 1.165) is 67.0 Å². The number of nitrogens with zero attached hydrogens (tertiary/aromatic N) is 6. The minimum absolute atomic E-state index is 0.205. The third kappa shape index (κ3) is 8.31. The summed E-state index contributed by atoms with van der Waals surface area (Å²) in [7, 11) is 7.67. The minimum atomic E-state index is -0.205. The summed E-state index contributed by atoms with van der Waals surface area (Å²) < 4.78 is 14.0. The second-order valence-corrected chi connectivity index (χ2v) is 12.3. The number of hydrogen-bond donors (Lipinski definition) is 1. The summed E-state index contributed by atoms with van der Waals surface area (Å²) in [5.74, 6) is 1.65. The Hall–Kier alpha value is -4.25. The minimum Gasteiger partial charge on any atom is -0.496 e. The predicted molar refractivity (Wildman–Crippen MR) is 185 cm³/mol. The van der Waals surface area contributed by atoms with Crippen LogP contribution < -0.4 is 14.8 Å². The van der Waals surface area contributed by atoms with Gasteiger partial charge in [-0.2, -0.15) is 0 Å². The van der Waals surface area contributed by atoms with Crippen LogP contribution in [0.15, 0.2) is 67.0 Å². The van der Waals surface area contributed by atoms with Crippen LogP contribution in [-0.2, 0) is 18.3 Å². The molecule has 1 fully saturated rings. The second kappa shape index (κ2) is 15.4. The molecule has 244 valence electrons. The number of fused-ring (bicyclic) bond motifs is 1. The highest BCUT2D eigenvalue weighted by Gasteiger charge is 2.19. The molecule has 0 saturated carbocycles. The number of rotatable bonds is 13. The lowest BCUT2D eigenvalue weighted by Gasteiger charge is -2.36. The van der Waals surface area contributed by atoms with Crippen molar-refractivity contribution in [2.75, 3.05) is 72.4 Å². The molecule has 1 aliphatic rings. The molecule has 0 unspecified atom stereocenters. The summed E-state index contributed by atoms with van der Waals surface area (Å²) in [4.78, 5) is 29.5. The number of anilines is 1. The molecule has 46 heavy (non-hydrogen) atoms. The fourth-order valence-electron chi connectivity index (χ4n) is 5.79. The van der Waals surface area contributed by atoms with E-state index >= 15 is 0 Å². The number of carbonyl (C=O) groups excluding carboxylic acids is 1. The smallest absolute Gasteiger partial charge is 0.248 e. The van der Waals surface area contributed by atoms with Crippen LogP contribution in [0.3, 0.4) is 0 Å². The summed E-state index contributed by atoms with van der Waals surface area (Å²) >= 11 is 0. The molecular formula is C36H47N7O3. The third-order valence-electron chi connectivity index (χ3n) is 8.43. The van der Waals surface area contributed by atoms with Crippen LogP contribution in [0.5, 0.6) is 11.5 Å². The highest BCUT2D eigenvalue weighted by Crippen LogP contribution is 2.35. The molecule has 3 heterocycles. The molecule has 10 nitrogen and oxygen atoms in total. The fraction of sp³-hybridized carbons (Fsp3) is 0.417. The van der Waals surface area contributed by atoms with Gasteiger partial charge >= 0.3 is 0 Å². The summed E-state index contributed by atoms with van der Waals surface area (Å²) in [5.41, 5.74) is 4.49. The molecule has 2 aromatic carbocycles. The maximum Gasteiger partial charge on any atom is 0.248 e. The van der Waals surface area contributed by atoms with Gasteiger partial charge in [0.05, 0.1) is 18.5 Å². The van der Waals surface area contributed by atoms with Gasteiger partial charge in [-0.25, -0.2) is 9.97 Å². The summed E-state index contributed by atoms with van der Waals surface area (Å²) in [5, 5.41) is 4.20. The Morgan fingerprint density at radius 1 is 1.09 bits per heavy atom. The fourth-order valence-corrected chi connectivity index (χ4v) is 5.79. The number of amides is 1. The van der Waals surface area contributed by atoms with Crippen molar-refractivity contribution >= 4 is 22.5 Å². The molecule has 0 spiro atoms. The van der Waals surface area contributed by atoms with Crippen LogP contribution in [0.25, 0.3) is 22.2 Å². The van der Waals surface area contributed by atoms with Gasteiger partial charge < -0.3 is 24.3 Å². The number of ether oxygens (including phenoxy) is 2. The van der Waals surface area contributed by atoms with E-state index in [2.05, 4.69) is 56.8 Å². The number of aryl methyl sites for hydroxylation is 1. The number of piperazine rings is 1. The van der Waals surface area contributed by atoms with Gasteiger partial charge in [-0.15, -0.1) is 0 Å². The van der Waals surface area contributed by atoms with Gasteiger partial charge in [-0.05, 0) is 46.1 Å². The zero-order valence-electron chi connectivity index (χ0n) is 28.0. The first-order valence-corrected chi connectivity index (χ1v) is 16.0. The molecule has 1 amide bonds. The van der Waals surface area contributed by atoms with E-state index in [0.29, 0.717) is 42.1 Å². The Kier molecular flexibility index (Phi) is 11.1. The molecule has 4 aromatic rings. The van der Waals surface area contributed by atoms with Crippen LogP contribution in [0.1, 0.15) is 25.2 Å². The number of para-hydroxylation sites is 1. The first-order chi connectivity index (χ1) is 22.2. The maximum absolute atomic E-state index is 13.1. The van der Waals surface area contributed by atoms with Crippen molar-refractivity contribution in [3.8, 4) is 22.8 Å². The summed E-state index contributed by atoms with van der Waals surface area (Å²) in [6.07, 6.45) is 7.86. The van der Waals surface area contributed by atoms with E-state index in [4.69, 9.17) is 14.5 Å². The van der Waals surface area contributed by atoms with Crippen LogP contribution in [0, 0.1) is 0 Å². The molecular weight excluding hydrogens is 578 g/mol. The molecule has 1 saturated heterocycles. The number of carbonyl (C=O) groups is 1. The van der Waals surface area contributed by atoms with Crippen LogP contribution >= 0.6 is 0 Å². The van der Waals surface area contributed by atoms with Crippen molar-refractivity contribution < 1.29 is 14.3 Å². The van der Waals surface area contributed by atoms with E-state index in [9.17, 15) is 4.79 Å². The highest BCUT2D eigenvalue weighted by atomic mass is 16.5. The van der Waals surface area contributed by atoms with Gasteiger partial charge in [-0.3, -0.25) is 14.6 Å². The predicted octanol–water partition coefficient (Wildman–Crippen LogP) is 4.70. The van der Waals surface area contributed by atoms with Crippen LogP contribution in [0.4, 0.5) is 5.69 Å². The van der Waals surface area contributed by atoms with E-state index in [1.807, 2.05) is 62.5 Å². The Balaban J connectivity index is 1.35. The largest absolute Gasteiger partial charge is 0.496 e. The topological polar surface area (TPSA) is 88.0 Å². The normalized spacial score (nSPS) is 14.5. The Morgan fingerprint density at radius 2 is 1.87 bits per heavy atom. The molecule has 1 aliphatic heterocycles. The van der Waals surface area contributed by atoms with Gasteiger partial charge in [0.2, 0.25) is 5.91 Å². The van der Waals surface area contributed by atoms with Gasteiger partial charge in [0.1, 0.15) is 23.9 Å². The van der Waals surface area contributed by atoms with Crippen molar-refractivity contribution in [3.63, 3.8) is 0 Å². The standard InChI is InChI=1S/C36H47N7O3/c1-26(2)43-18-16-42(17-19-43)15-9-12-36(44)39-31-22-27(33(45-6)24-34(31)46-21-20-40(3)4)23-35-37-14-13-30(38-35)29-25-41(5)32-11-8-7-10-28(29)32/h7-14,22,24-26H,15-21,23H2,1-6H3,(H,39,44)/b12-9+. The van der Waals surface area contributed by atoms with Gasteiger partial charge in [-0.1, -0.05) is 24.3 Å². The van der Waals surface area contributed by atoms with E-state index in [-0.39, 0.29) is 5.91 Å². The van der Waals surface area contributed by atoms with E-state index < -0.39 is 0 Å². The Morgan fingerprint density at radius 3 is 2.61 bits per heavy atom. The third-order valence-corrected chi connectivity index (χ3v) is 8.43. The van der Waals surface area contributed by atoms with Crippen molar-refractivity contribution in [2.45, 2.75) is 26.3 Å². The molecule has 10 heteroatoms. The first kappa shape index (κ1) is 33.1. The lowest BCUT2D eigenvalue weighted by Crippen LogP contribution is -2.48. The van der Waals surface area contributed by atoms with Crippen molar-refractivity contribution in [2.24, 2.45) is 7.05 Å². The Labute approximate surface area is 272 Å². The number of hydrogen-bond acceptors (Lipinski definition) is 8. The Bertz CT molecular complexity index is 1650. The molecule has 0 atom stereocenters. The average molecular weight is 626 g/mol. The number of aromatic nitrogens is 3. The number of nitrogens with one attached hydrogen (secondary N) is 1.